The van der Waals surface area contributed by atoms with Gasteiger partial charge in [0.05, 0.1) is 0 Å². The molecule has 0 unspecified atom stereocenters. The Bertz CT molecular complexity index is 379. The molecular weight excluding hydrogens is 188 g/mol. The summed E-state index contributed by atoms with van der Waals surface area (Å²) in [6.45, 7) is 2.73. The number of rotatable bonds is 1. The zero-order valence-electron chi connectivity index (χ0n) is 7.70. The lowest BCUT2D eigenvalue weighted by Gasteiger charge is -2.11. The quantitative estimate of drug-likeness (QED) is 0.542. The highest BCUT2D eigenvalue weighted by molar-refractivity contribution is 5.95. The van der Waals surface area contributed by atoms with Crippen LogP contribution in [-0.4, -0.2) is 26.4 Å². The smallest absolute Gasteiger partial charge is 0.343 e. The van der Waals surface area contributed by atoms with Crippen molar-refractivity contribution in [3.63, 3.8) is 0 Å². The minimum Gasteiger partial charge on any atom is -0.507 e. The number of aromatic carboxylic acids is 1. The largest absolute Gasteiger partial charge is 0.507 e. The van der Waals surface area contributed by atoms with Crippen LogP contribution in [0.1, 0.15) is 21.5 Å². The van der Waals surface area contributed by atoms with Gasteiger partial charge in [-0.1, -0.05) is 0 Å². The van der Waals surface area contributed by atoms with Crippen molar-refractivity contribution in [2.75, 3.05) is 0 Å². The summed E-state index contributed by atoms with van der Waals surface area (Å²) in [4.78, 5) is 10.7. The van der Waals surface area contributed by atoms with Gasteiger partial charge >= 0.3 is 5.97 Å². The Kier molecular flexibility index (Phi) is 2.25. The lowest BCUT2D eigenvalue weighted by Crippen LogP contribution is -2.00. The Morgan fingerprint density at radius 1 is 0.929 bits per heavy atom. The average Bonchev–Trinajstić information content (AvgIpc) is 2.11. The summed E-state index contributed by atoms with van der Waals surface area (Å²) in [6, 6.07) is 0. The van der Waals surface area contributed by atoms with Crippen molar-refractivity contribution in [3.8, 4) is 17.2 Å². The molecule has 0 saturated carbocycles. The molecule has 0 aliphatic rings. The highest BCUT2D eigenvalue weighted by atomic mass is 16.4. The number of hydrogen-bond donors (Lipinski definition) is 4. The molecule has 1 rings (SSSR count). The van der Waals surface area contributed by atoms with Crippen LogP contribution in [0.15, 0.2) is 0 Å². The van der Waals surface area contributed by atoms with E-state index >= 15 is 0 Å². The van der Waals surface area contributed by atoms with Crippen LogP contribution in [0.5, 0.6) is 17.2 Å². The molecule has 76 valence electrons. The van der Waals surface area contributed by atoms with Crippen molar-refractivity contribution in [2.24, 2.45) is 0 Å². The van der Waals surface area contributed by atoms with E-state index in [1.54, 1.807) is 0 Å². The first-order chi connectivity index (χ1) is 6.37. The van der Waals surface area contributed by atoms with E-state index in [9.17, 15) is 20.1 Å². The van der Waals surface area contributed by atoms with Crippen LogP contribution >= 0.6 is 0 Å². The number of carboxylic acid groups (broad SMARTS) is 1. The van der Waals surface area contributed by atoms with Crippen molar-refractivity contribution in [3.05, 3.63) is 16.7 Å². The average molecular weight is 198 g/mol. The molecule has 5 nitrogen and oxygen atoms in total. The molecular formula is C9H10O5. The highest BCUT2D eigenvalue weighted by Crippen LogP contribution is 2.40. The summed E-state index contributed by atoms with van der Waals surface area (Å²) < 4.78 is 0. The number of benzene rings is 1. The number of hydrogen-bond acceptors (Lipinski definition) is 4. The number of phenolic OH excluding ortho intramolecular Hbond substituents is 1. The fourth-order valence-electron chi connectivity index (χ4n) is 1.20. The Morgan fingerprint density at radius 3 is 1.57 bits per heavy atom. The van der Waals surface area contributed by atoms with Crippen LogP contribution < -0.4 is 0 Å². The van der Waals surface area contributed by atoms with Crippen molar-refractivity contribution in [1.82, 2.24) is 0 Å². The predicted octanol–water partition coefficient (Wildman–Crippen LogP) is 1.12. The Morgan fingerprint density at radius 2 is 1.29 bits per heavy atom. The van der Waals surface area contributed by atoms with Crippen LogP contribution in [0.4, 0.5) is 0 Å². The van der Waals surface area contributed by atoms with Gasteiger partial charge in [0, 0.05) is 11.1 Å². The van der Waals surface area contributed by atoms with Gasteiger partial charge in [0.15, 0.2) is 0 Å². The van der Waals surface area contributed by atoms with Crippen molar-refractivity contribution < 1.29 is 25.2 Å². The Balaban J connectivity index is 3.68. The summed E-state index contributed by atoms with van der Waals surface area (Å²) in [5.74, 6) is -2.97. The molecule has 0 aliphatic heterocycles. The van der Waals surface area contributed by atoms with Crippen molar-refractivity contribution in [1.29, 1.82) is 0 Å². The summed E-state index contributed by atoms with van der Waals surface area (Å²) in [5, 5.41) is 36.8. The Hall–Kier alpha value is -1.91. The minimum absolute atomic E-state index is 0.0395. The fourth-order valence-corrected chi connectivity index (χ4v) is 1.20. The summed E-state index contributed by atoms with van der Waals surface area (Å²) in [5.41, 5.74) is -0.506. The van der Waals surface area contributed by atoms with Gasteiger partial charge in [-0.2, -0.15) is 0 Å². The van der Waals surface area contributed by atoms with Gasteiger partial charge in [0.2, 0.25) is 0 Å². The first kappa shape index (κ1) is 10.2. The lowest BCUT2D eigenvalue weighted by atomic mass is 10.0. The second kappa shape index (κ2) is 3.10. The molecule has 0 atom stereocenters. The van der Waals surface area contributed by atoms with E-state index in [0.717, 1.165) is 0 Å². The second-order valence-electron chi connectivity index (χ2n) is 2.98. The molecule has 0 fully saturated rings. The molecule has 1 aromatic rings. The third kappa shape index (κ3) is 1.22. The summed E-state index contributed by atoms with van der Waals surface area (Å²) >= 11 is 0. The van der Waals surface area contributed by atoms with Gasteiger partial charge in [-0.25, -0.2) is 4.79 Å². The maximum atomic E-state index is 10.7. The van der Waals surface area contributed by atoms with Crippen molar-refractivity contribution >= 4 is 5.97 Å². The molecule has 0 radical (unpaired) electrons. The van der Waals surface area contributed by atoms with Crippen LogP contribution in [-0.2, 0) is 0 Å². The first-order valence-electron chi connectivity index (χ1n) is 3.85. The molecule has 0 amide bonds. The molecule has 0 aromatic heterocycles. The number of aromatic hydroxyl groups is 3. The van der Waals surface area contributed by atoms with E-state index in [2.05, 4.69) is 0 Å². The van der Waals surface area contributed by atoms with E-state index in [1.165, 1.54) is 13.8 Å². The van der Waals surface area contributed by atoms with E-state index in [0.29, 0.717) is 0 Å². The predicted molar refractivity (Wildman–Crippen MR) is 47.9 cm³/mol. The maximum absolute atomic E-state index is 10.7. The van der Waals surface area contributed by atoms with Gasteiger partial charge in [0.25, 0.3) is 0 Å². The Labute approximate surface area is 79.9 Å². The van der Waals surface area contributed by atoms with E-state index < -0.39 is 23.0 Å². The standard InChI is InChI=1S/C9H10O5/c1-3-6(10)4(2)8(12)5(7(3)11)9(13)14/h10-12H,1-2H3,(H,13,14). The van der Waals surface area contributed by atoms with E-state index in [4.69, 9.17) is 5.11 Å². The van der Waals surface area contributed by atoms with Gasteiger partial charge in [-0.15, -0.1) is 0 Å². The first-order valence-corrected chi connectivity index (χ1v) is 3.85. The van der Waals surface area contributed by atoms with Crippen LogP contribution in [0, 0.1) is 13.8 Å². The maximum Gasteiger partial charge on any atom is 0.343 e. The monoisotopic (exact) mass is 198 g/mol. The zero-order valence-corrected chi connectivity index (χ0v) is 7.70. The highest BCUT2D eigenvalue weighted by Gasteiger charge is 2.23. The van der Waals surface area contributed by atoms with Gasteiger partial charge in [-0.3, -0.25) is 0 Å². The molecule has 14 heavy (non-hydrogen) atoms. The molecule has 0 aliphatic carbocycles. The molecule has 4 N–H and O–H groups in total. The van der Waals surface area contributed by atoms with E-state index in [-0.39, 0.29) is 16.9 Å². The number of carboxylic acids is 1. The SMILES string of the molecule is Cc1c(O)c(C)c(O)c(C(=O)O)c1O. The molecule has 0 saturated heterocycles. The molecule has 0 bridgehead atoms. The normalized spacial score (nSPS) is 10.1. The molecule has 0 heterocycles. The lowest BCUT2D eigenvalue weighted by molar-refractivity contribution is 0.0690. The van der Waals surface area contributed by atoms with Gasteiger partial charge < -0.3 is 20.4 Å². The topological polar surface area (TPSA) is 98.0 Å². The summed E-state index contributed by atoms with van der Waals surface area (Å²) in [6.07, 6.45) is 0. The minimum atomic E-state index is -1.44. The van der Waals surface area contributed by atoms with E-state index in [1.807, 2.05) is 0 Å². The fraction of sp³-hybridized carbons (Fsp3) is 0.222. The summed E-state index contributed by atoms with van der Waals surface area (Å²) in [7, 11) is 0. The molecule has 5 heteroatoms. The second-order valence-corrected chi connectivity index (χ2v) is 2.98. The molecule has 1 aromatic carbocycles. The van der Waals surface area contributed by atoms with Gasteiger partial charge in [0.1, 0.15) is 22.8 Å². The van der Waals surface area contributed by atoms with Crippen molar-refractivity contribution in [2.45, 2.75) is 13.8 Å². The van der Waals surface area contributed by atoms with Gasteiger partial charge in [-0.05, 0) is 13.8 Å². The zero-order chi connectivity index (χ0) is 11.0. The van der Waals surface area contributed by atoms with Crippen LogP contribution in [0.25, 0.3) is 0 Å². The molecule has 0 spiro atoms. The third-order valence-electron chi connectivity index (χ3n) is 2.11. The third-order valence-corrected chi connectivity index (χ3v) is 2.11. The van der Waals surface area contributed by atoms with Crippen LogP contribution in [0.2, 0.25) is 0 Å². The number of phenols is 3. The number of carbonyl (C=O) groups is 1. The van der Waals surface area contributed by atoms with Crippen LogP contribution in [0.3, 0.4) is 0 Å².